The van der Waals surface area contributed by atoms with Crippen molar-refractivity contribution in [3.05, 3.63) is 29.8 Å². The van der Waals surface area contributed by atoms with Gasteiger partial charge in [0.05, 0.1) is 7.11 Å². The highest BCUT2D eigenvalue weighted by molar-refractivity contribution is 5.72. The van der Waals surface area contributed by atoms with E-state index in [9.17, 15) is 0 Å². The zero-order valence-electron chi connectivity index (χ0n) is 8.74. The molecular weight excluding hydrogens is 190 g/mol. The van der Waals surface area contributed by atoms with Gasteiger partial charge in [-0.05, 0) is 19.1 Å². The molecule has 3 N–H and O–H groups in total. The molecule has 4 nitrogen and oxygen atoms in total. The van der Waals surface area contributed by atoms with Crippen LogP contribution in [0.25, 0.3) is 11.3 Å². The van der Waals surface area contributed by atoms with Crippen molar-refractivity contribution in [1.29, 1.82) is 0 Å². The maximum Gasteiger partial charge on any atom is 0.128 e. The molecule has 4 heteroatoms. The number of para-hydroxylation sites is 1. The van der Waals surface area contributed by atoms with Crippen molar-refractivity contribution in [2.24, 2.45) is 0 Å². The van der Waals surface area contributed by atoms with Crippen molar-refractivity contribution in [3.63, 3.8) is 0 Å². The Morgan fingerprint density at radius 2 is 2.07 bits per heavy atom. The number of nitrogens with zero attached hydrogens (tertiary/aromatic N) is 1. The second-order valence-corrected chi connectivity index (χ2v) is 3.31. The van der Waals surface area contributed by atoms with Crippen LogP contribution in [0.2, 0.25) is 0 Å². The second kappa shape index (κ2) is 3.65. The number of aromatic nitrogens is 2. The maximum atomic E-state index is 5.71. The predicted molar refractivity (Wildman–Crippen MR) is 59.7 cm³/mol. The number of nitrogens with two attached hydrogens (primary N) is 1. The number of nitrogen functional groups attached to an aromatic ring is 1. The van der Waals surface area contributed by atoms with Crippen LogP contribution in [-0.2, 0) is 0 Å². The van der Waals surface area contributed by atoms with Crippen molar-refractivity contribution in [2.75, 3.05) is 12.8 Å². The molecule has 78 valence electrons. The Labute approximate surface area is 88.1 Å². The number of aromatic amines is 1. The minimum absolute atomic E-state index is 0.593. The molecule has 0 aliphatic rings. The van der Waals surface area contributed by atoms with Crippen LogP contribution in [0.1, 0.15) is 5.56 Å². The largest absolute Gasteiger partial charge is 0.496 e. The van der Waals surface area contributed by atoms with E-state index in [1.807, 2.05) is 31.2 Å². The van der Waals surface area contributed by atoms with Gasteiger partial charge in [0.15, 0.2) is 0 Å². The van der Waals surface area contributed by atoms with E-state index < -0.39 is 0 Å². The fraction of sp³-hybridized carbons (Fsp3) is 0.182. The van der Waals surface area contributed by atoms with E-state index in [1.54, 1.807) is 7.11 Å². The van der Waals surface area contributed by atoms with Crippen LogP contribution in [-0.4, -0.2) is 17.3 Å². The Balaban J connectivity index is 2.58. The lowest BCUT2D eigenvalue weighted by Gasteiger charge is -2.05. The van der Waals surface area contributed by atoms with Gasteiger partial charge in [-0.2, -0.15) is 5.10 Å². The van der Waals surface area contributed by atoms with Crippen LogP contribution in [0.5, 0.6) is 5.75 Å². The standard InChI is InChI=1S/C11H13N3O/c1-7-10(13-14-11(7)12)8-5-3-4-6-9(8)15-2/h3-6H,1-2H3,(H3,12,13,14). The maximum absolute atomic E-state index is 5.71. The lowest BCUT2D eigenvalue weighted by Crippen LogP contribution is -1.89. The Hall–Kier alpha value is -1.97. The molecular formula is C11H13N3O. The van der Waals surface area contributed by atoms with Gasteiger partial charge in [-0.1, -0.05) is 12.1 Å². The summed E-state index contributed by atoms with van der Waals surface area (Å²) in [7, 11) is 1.64. The summed E-state index contributed by atoms with van der Waals surface area (Å²) in [4.78, 5) is 0. The van der Waals surface area contributed by atoms with Gasteiger partial charge in [0, 0.05) is 11.1 Å². The molecule has 0 saturated carbocycles. The molecule has 0 spiro atoms. The summed E-state index contributed by atoms with van der Waals surface area (Å²) in [5, 5.41) is 6.92. The first kappa shape index (κ1) is 9.58. The molecule has 0 fully saturated rings. The summed E-state index contributed by atoms with van der Waals surface area (Å²) in [5.74, 6) is 1.39. The number of rotatable bonds is 2. The molecule has 2 rings (SSSR count). The predicted octanol–water partition coefficient (Wildman–Crippen LogP) is 1.98. The van der Waals surface area contributed by atoms with Crippen molar-refractivity contribution in [1.82, 2.24) is 10.2 Å². The zero-order valence-corrected chi connectivity index (χ0v) is 8.74. The van der Waals surface area contributed by atoms with Crippen LogP contribution in [0.15, 0.2) is 24.3 Å². The minimum Gasteiger partial charge on any atom is -0.496 e. The van der Waals surface area contributed by atoms with Gasteiger partial charge in [-0.15, -0.1) is 0 Å². The summed E-state index contributed by atoms with van der Waals surface area (Å²) in [5.41, 5.74) is 8.44. The number of nitrogens with one attached hydrogen (secondary N) is 1. The lowest BCUT2D eigenvalue weighted by atomic mass is 10.1. The van der Waals surface area contributed by atoms with Gasteiger partial charge in [-0.25, -0.2) is 0 Å². The molecule has 15 heavy (non-hydrogen) atoms. The molecule has 0 amide bonds. The molecule has 1 aromatic heterocycles. The molecule has 1 aromatic carbocycles. The summed E-state index contributed by atoms with van der Waals surface area (Å²) in [6.45, 7) is 1.93. The number of H-pyrrole nitrogens is 1. The van der Waals surface area contributed by atoms with Crippen LogP contribution >= 0.6 is 0 Å². The first-order valence-electron chi connectivity index (χ1n) is 4.68. The molecule has 0 aliphatic heterocycles. The fourth-order valence-corrected chi connectivity index (χ4v) is 1.51. The highest BCUT2D eigenvalue weighted by Gasteiger charge is 2.12. The van der Waals surface area contributed by atoms with Gasteiger partial charge in [0.25, 0.3) is 0 Å². The minimum atomic E-state index is 0.593. The first-order chi connectivity index (χ1) is 7.24. The number of benzene rings is 1. The van der Waals surface area contributed by atoms with Gasteiger partial charge in [0.2, 0.25) is 0 Å². The molecule has 2 aromatic rings. The number of ether oxygens (including phenoxy) is 1. The normalized spacial score (nSPS) is 10.3. The van der Waals surface area contributed by atoms with Gasteiger partial charge >= 0.3 is 0 Å². The Kier molecular flexibility index (Phi) is 2.33. The van der Waals surface area contributed by atoms with E-state index in [1.165, 1.54) is 0 Å². The lowest BCUT2D eigenvalue weighted by molar-refractivity contribution is 0.416. The molecule has 1 heterocycles. The fourth-order valence-electron chi connectivity index (χ4n) is 1.51. The van der Waals surface area contributed by atoms with Crippen molar-refractivity contribution < 1.29 is 4.74 Å². The monoisotopic (exact) mass is 203 g/mol. The summed E-state index contributed by atoms with van der Waals surface area (Å²) >= 11 is 0. The van der Waals surface area contributed by atoms with E-state index in [0.29, 0.717) is 5.82 Å². The van der Waals surface area contributed by atoms with Crippen molar-refractivity contribution in [3.8, 4) is 17.0 Å². The topological polar surface area (TPSA) is 63.9 Å². The second-order valence-electron chi connectivity index (χ2n) is 3.31. The van der Waals surface area contributed by atoms with E-state index in [-0.39, 0.29) is 0 Å². The molecule has 0 unspecified atom stereocenters. The van der Waals surface area contributed by atoms with E-state index in [0.717, 1.165) is 22.6 Å². The first-order valence-corrected chi connectivity index (χ1v) is 4.68. The molecule has 0 atom stereocenters. The SMILES string of the molecule is COc1ccccc1-c1n[nH]c(N)c1C. The number of methoxy groups -OCH3 is 1. The molecule has 0 aliphatic carbocycles. The van der Waals surface area contributed by atoms with E-state index >= 15 is 0 Å². The van der Waals surface area contributed by atoms with Crippen LogP contribution in [0.4, 0.5) is 5.82 Å². The van der Waals surface area contributed by atoms with Crippen molar-refractivity contribution >= 4 is 5.82 Å². The van der Waals surface area contributed by atoms with E-state index in [4.69, 9.17) is 10.5 Å². The summed E-state index contributed by atoms with van der Waals surface area (Å²) < 4.78 is 5.27. The quantitative estimate of drug-likeness (QED) is 0.784. The summed E-state index contributed by atoms with van der Waals surface area (Å²) in [6.07, 6.45) is 0. The van der Waals surface area contributed by atoms with Gasteiger partial charge < -0.3 is 10.5 Å². The average molecular weight is 203 g/mol. The number of hydrogen-bond donors (Lipinski definition) is 2. The van der Waals surface area contributed by atoms with Crippen LogP contribution < -0.4 is 10.5 Å². The van der Waals surface area contributed by atoms with Crippen LogP contribution in [0, 0.1) is 6.92 Å². The smallest absolute Gasteiger partial charge is 0.128 e. The third-order valence-corrected chi connectivity index (χ3v) is 2.41. The average Bonchev–Trinajstić information content (AvgIpc) is 2.60. The highest BCUT2D eigenvalue weighted by Crippen LogP contribution is 2.31. The highest BCUT2D eigenvalue weighted by atomic mass is 16.5. The summed E-state index contributed by atoms with van der Waals surface area (Å²) in [6, 6.07) is 7.73. The van der Waals surface area contributed by atoms with Gasteiger partial charge in [0.1, 0.15) is 17.3 Å². The van der Waals surface area contributed by atoms with E-state index in [2.05, 4.69) is 10.2 Å². The molecule has 0 bridgehead atoms. The molecule has 0 saturated heterocycles. The third-order valence-electron chi connectivity index (χ3n) is 2.41. The Morgan fingerprint density at radius 3 is 2.67 bits per heavy atom. The third kappa shape index (κ3) is 1.54. The van der Waals surface area contributed by atoms with Crippen molar-refractivity contribution in [2.45, 2.75) is 6.92 Å². The Morgan fingerprint density at radius 1 is 1.33 bits per heavy atom. The van der Waals surface area contributed by atoms with Crippen LogP contribution in [0.3, 0.4) is 0 Å². The number of anilines is 1. The van der Waals surface area contributed by atoms with Gasteiger partial charge in [-0.3, -0.25) is 5.10 Å². The molecule has 0 radical (unpaired) electrons. The zero-order chi connectivity index (χ0) is 10.8. The number of hydrogen-bond acceptors (Lipinski definition) is 3. The Bertz CT molecular complexity index is 476.